The highest BCUT2D eigenvalue weighted by molar-refractivity contribution is 5.40. The Kier molecular flexibility index (Phi) is 3.13. The Labute approximate surface area is 73.3 Å². The summed E-state index contributed by atoms with van der Waals surface area (Å²) >= 11 is 0. The van der Waals surface area contributed by atoms with Gasteiger partial charge in [-0.05, 0) is 12.1 Å². The van der Waals surface area contributed by atoms with Gasteiger partial charge in [0.1, 0.15) is 0 Å². The summed E-state index contributed by atoms with van der Waals surface area (Å²) in [5.74, 6) is 0. The van der Waals surface area contributed by atoms with Crippen molar-refractivity contribution >= 4 is 5.69 Å². The van der Waals surface area contributed by atoms with Crippen LogP contribution in [0.15, 0.2) is 30.3 Å². The summed E-state index contributed by atoms with van der Waals surface area (Å²) in [6.07, 6.45) is -3.78. The summed E-state index contributed by atoms with van der Waals surface area (Å²) in [5.41, 5.74) is 2.29. The average molecular weight is 191 g/mol. The quantitative estimate of drug-likeness (QED) is 0.738. The number of benzene rings is 1. The van der Waals surface area contributed by atoms with E-state index < -0.39 is 12.8 Å². The van der Waals surface area contributed by atoms with Crippen molar-refractivity contribution in [1.29, 1.82) is 0 Å². The molecule has 1 rings (SSSR count). The fraction of sp³-hybridized carbons (Fsp3) is 0.250. The van der Waals surface area contributed by atoms with Gasteiger partial charge in [-0.2, -0.15) is 8.78 Å². The van der Waals surface area contributed by atoms with Crippen LogP contribution in [0.4, 0.5) is 18.9 Å². The molecule has 0 bridgehead atoms. The van der Waals surface area contributed by atoms with Crippen LogP contribution in [0.25, 0.3) is 0 Å². The van der Waals surface area contributed by atoms with Crippen molar-refractivity contribution in [3.63, 3.8) is 0 Å². The Balaban J connectivity index is 2.44. The van der Waals surface area contributed by atoms with Crippen molar-refractivity contribution < 1.29 is 18.0 Å². The van der Waals surface area contributed by atoms with Gasteiger partial charge >= 0.3 is 6.11 Å². The highest BCUT2D eigenvalue weighted by Crippen LogP contribution is 2.17. The fourth-order valence-electron chi connectivity index (χ4n) is 0.667. The maximum absolute atomic E-state index is 12.2. The Morgan fingerprint density at radius 2 is 1.85 bits per heavy atom. The third-order valence-corrected chi connectivity index (χ3v) is 1.25. The second-order valence-corrected chi connectivity index (χ2v) is 2.34. The molecule has 72 valence electrons. The minimum absolute atomic E-state index is 0.343. The molecule has 0 aliphatic rings. The second kappa shape index (κ2) is 4.13. The average Bonchev–Trinajstić information content (AvgIpc) is 2.17. The number of anilines is 1. The zero-order chi connectivity index (χ0) is 9.73. The van der Waals surface area contributed by atoms with Gasteiger partial charge in [0, 0.05) is 0 Å². The first-order chi connectivity index (χ1) is 6.14. The van der Waals surface area contributed by atoms with Crippen molar-refractivity contribution in [1.82, 2.24) is 0 Å². The summed E-state index contributed by atoms with van der Waals surface area (Å²) in [6, 6.07) is 8.04. The lowest BCUT2D eigenvalue weighted by Crippen LogP contribution is -2.26. The van der Waals surface area contributed by atoms with Gasteiger partial charge < -0.3 is 0 Å². The molecule has 5 heteroatoms. The van der Waals surface area contributed by atoms with Crippen LogP contribution >= 0.6 is 0 Å². The van der Waals surface area contributed by atoms with Gasteiger partial charge in [-0.3, -0.25) is 5.48 Å². The van der Waals surface area contributed by atoms with Crippen LogP contribution in [0.5, 0.6) is 0 Å². The fourth-order valence-corrected chi connectivity index (χ4v) is 0.667. The number of nitrogens with one attached hydrogen (secondary N) is 1. The van der Waals surface area contributed by atoms with Crippen LogP contribution < -0.4 is 5.48 Å². The molecular weight excluding hydrogens is 183 g/mol. The molecule has 2 nitrogen and oxygen atoms in total. The van der Waals surface area contributed by atoms with Crippen molar-refractivity contribution in [3.05, 3.63) is 30.3 Å². The third-order valence-electron chi connectivity index (χ3n) is 1.25. The first kappa shape index (κ1) is 9.85. The van der Waals surface area contributed by atoms with Gasteiger partial charge in [0.15, 0.2) is 6.67 Å². The van der Waals surface area contributed by atoms with E-state index in [1.165, 1.54) is 12.1 Å². The first-order valence-corrected chi connectivity index (χ1v) is 3.57. The van der Waals surface area contributed by atoms with Crippen molar-refractivity contribution in [2.24, 2.45) is 0 Å². The smallest absolute Gasteiger partial charge is 0.261 e. The Bertz CT molecular complexity index is 253. The number of rotatable bonds is 4. The summed E-state index contributed by atoms with van der Waals surface area (Å²) in [5, 5.41) is 0. The standard InChI is InChI=1S/C8H8F3NO/c9-6-8(10,11)13-12-7-4-2-1-3-5-7/h1-5,12H,6H2. The van der Waals surface area contributed by atoms with Gasteiger partial charge in [-0.25, -0.2) is 9.23 Å². The van der Waals surface area contributed by atoms with E-state index in [0.717, 1.165) is 0 Å². The lowest BCUT2D eigenvalue weighted by molar-refractivity contribution is -0.229. The van der Waals surface area contributed by atoms with Crippen LogP contribution in [0.3, 0.4) is 0 Å². The maximum atomic E-state index is 12.2. The van der Waals surface area contributed by atoms with Crippen molar-refractivity contribution in [3.8, 4) is 0 Å². The lowest BCUT2D eigenvalue weighted by atomic mass is 10.3. The van der Waals surface area contributed by atoms with Crippen LogP contribution in [-0.4, -0.2) is 12.8 Å². The molecule has 0 saturated heterocycles. The molecule has 0 aliphatic carbocycles. The minimum atomic E-state index is -3.78. The van der Waals surface area contributed by atoms with Crippen LogP contribution in [0.1, 0.15) is 0 Å². The Morgan fingerprint density at radius 3 is 2.38 bits per heavy atom. The predicted molar refractivity (Wildman–Crippen MR) is 42.1 cm³/mol. The van der Waals surface area contributed by atoms with Crippen molar-refractivity contribution in [2.45, 2.75) is 6.11 Å². The highest BCUT2D eigenvalue weighted by atomic mass is 19.3. The van der Waals surface area contributed by atoms with Crippen LogP contribution in [-0.2, 0) is 4.84 Å². The second-order valence-electron chi connectivity index (χ2n) is 2.34. The zero-order valence-electron chi connectivity index (χ0n) is 6.64. The van der Waals surface area contributed by atoms with E-state index in [4.69, 9.17) is 0 Å². The van der Waals surface area contributed by atoms with Gasteiger partial charge in [0.2, 0.25) is 0 Å². The molecule has 13 heavy (non-hydrogen) atoms. The van der Waals surface area contributed by atoms with E-state index >= 15 is 0 Å². The first-order valence-electron chi connectivity index (χ1n) is 3.57. The maximum Gasteiger partial charge on any atom is 0.403 e. The highest BCUT2D eigenvalue weighted by Gasteiger charge is 2.30. The van der Waals surface area contributed by atoms with E-state index in [-0.39, 0.29) is 0 Å². The van der Waals surface area contributed by atoms with Gasteiger partial charge in [-0.1, -0.05) is 18.2 Å². The molecule has 0 saturated carbocycles. The normalized spacial score (nSPS) is 11.3. The monoisotopic (exact) mass is 191 g/mol. The number of alkyl halides is 3. The largest absolute Gasteiger partial charge is 0.403 e. The van der Waals surface area contributed by atoms with E-state index in [9.17, 15) is 13.2 Å². The van der Waals surface area contributed by atoms with Gasteiger partial charge in [0.05, 0.1) is 5.69 Å². The molecule has 0 spiro atoms. The number of para-hydroxylation sites is 1. The molecule has 0 atom stereocenters. The molecular formula is C8H8F3NO. The number of hydrogen-bond acceptors (Lipinski definition) is 2. The van der Waals surface area contributed by atoms with E-state index in [1.807, 2.05) is 5.48 Å². The Hall–Kier alpha value is -1.23. The molecule has 0 unspecified atom stereocenters. The zero-order valence-corrected chi connectivity index (χ0v) is 6.64. The van der Waals surface area contributed by atoms with Gasteiger partial charge in [0.25, 0.3) is 0 Å². The van der Waals surface area contributed by atoms with Crippen LogP contribution in [0, 0.1) is 0 Å². The molecule has 0 fully saturated rings. The molecule has 0 aliphatic heterocycles. The minimum Gasteiger partial charge on any atom is -0.261 e. The molecule has 1 aromatic rings. The Morgan fingerprint density at radius 1 is 1.23 bits per heavy atom. The van der Waals surface area contributed by atoms with E-state index in [2.05, 4.69) is 4.84 Å². The summed E-state index contributed by atoms with van der Waals surface area (Å²) in [7, 11) is 0. The predicted octanol–water partition coefficient (Wildman–Crippen LogP) is 2.59. The third kappa shape index (κ3) is 3.33. The summed E-state index contributed by atoms with van der Waals surface area (Å²) in [4.78, 5) is 3.81. The molecule has 0 heterocycles. The number of halogens is 3. The molecule has 0 amide bonds. The lowest BCUT2D eigenvalue weighted by Gasteiger charge is -2.13. The van der Waals surface area contributed by atoms with Crippen molar-refractivity contribution in [2.75, 3.05) is 12.2 Å². The topological polar surface area (TPSA) is 21.3 Å². The summed E-state index contributed by atoms with van der Waals surface area (Å²) in [6.45, 7) is -1.85. The number of hydrogen-bond donors (Lipinski definition) is 1. The SMILES string of the molecule is FCC(F)(F)ONc1ccccc1. The molecule has 0 aromatic heterocycles. The van der Waals surface area contributed by atoms with E-state index in [1.54, 1.807) is 18.2 Å². The molecule has 1 aromatic carbocycles. The van der Waals surface area contributed by atoms with Gasteiger partial charge in [-0.15, -0.1) is 0 Å². The molecule has 0 radical (unpaired) electrons. The van der Waals surface area contributed by atoms with E-state index in [0.29, 0.717) is 5.69 Å². The van der Waals surface area contributed by atoms with Crippen LogP contribution in [0.2, 0.25) is 0 Å². The summed E-state index contributed by atoms with van der Waals surface area (Å²) < 4.78 is 35.9. The molecule has 1 N–H and O–H groups in total.